The van der Waals surface area contributed by atoms with Crippen molar-refractivity contribution in [2.24, 2.45) is 11.3 Å². The van der Waals surface area contributed by atoms with E-state index >= 15 is 0 Å². The molecule has 0 radical (unpaired) electrons. The van der Waals surface area contributed by atoms with Crippen LogP contribution in [0, 0.1) is 11.3 Å². The predicted octanol–water partition coefficient (Wildman–Crippen LogP) is 3.87. The van der Waals surface area contributed by atoms with Gasteiger partial charge in [0, 0.05) is 74.4 Å². The van der Waals surface area contributed by atoms with Gasteiger partial charge in [0.1, 0.15) is 11.1 Å². The molecule has 2 aromatic carbocycles. The Morgan fingerprint density at radius 2 is 1.67 bits per heavy atom. The number of anilines is 4. The number of halogens is 1. The molecule has 5 amide bonds. The minimum absolute atomic E-state index is 0.0912. The molecule has 2 aromatic heterocycles. The number of rotatable bonds is 11. The number of nitrogens with zero attached hydrogens (tertiary/aromatic N) is 7. The van der Waals surface area contributed by atoms with Crippen molar-refractivity contribution in [3.8, 4) is 5.75 Å². The number of likely N-dealkylation sites (N-methyl/N-ethyl adjacent to an activating group) is 1. The fraction of sp³-hybridized carbons (Fsp3) is 0.467. The average Bonchev–Trinajstić information content (AvgIpc) is 4.08. The number of ether oxygens (including phenoxy) is 1. The monoisotopic (exact) mass is 876 g/mol. The highest BCUT2D eigenvalue weighted by atomic mass is 35.5. The quantitative estimate of drug-likeness (QED) is 0.184. The molecule has 4 aromatic rings. The Morgan fingerprint density at radius 1 is 0.905 bits per heavy atom. The Kier molecular flexibility index (Phi) is 10.6. The normalized spacial score (nSPS) is 21.4. The Labute approximate surface area is 368 Å². The minimum atomic E-state index is -0.973. The molecule has 0 bridgehead atoms. The van der Waals surface area contributed by atoms with Gasteiger partial charge in [0.2, 0.25) is 17.8 Å². The number of hydrogen-bond donors (Lipinski definition) is 3. The largest absolute Gasteiger partial charge is 0.478 e. The summed E-state index contributed by atoms with van der Waals surface area (Å²) >= 11 is 6.62. The summed E-state index contributed by atoms with van der Waals surface area (Å²) in [6, 6.07) is 11.9. The summed E-state index contributed by atoms with van der Waals surface area (Å²) in [5.74, 6) is -0.472. The van der Waals surface area contributed by atoms with Gasteiger partial charge < -0.3 is 34.6 Å². The first-order chi connectivity index (χ1) is 30.5. The van der Waals surface area contributed by atoms with Crippen LogP contribution in [0.1, 0.15) is 78.1 Å². The van der Waals surface area contributed by atoms with E-state index in [9.17, 15) is 28.8 Å². The fourth-order valence-corrected chi connectivity index (χ4v) is 10.1. The topological polar surface area (TPSA) is 191 Å². The van der Waals surface area contributed by atoms with Gasteiger partial charge in [0.05, 0.1) is 22.8 Å². The molecular weight excluding hydrogens is 828 g/mol. The number of benzene rings is 2. The molecule has 18 heteroatoms. The summed E-state index contributed by atoms with van der Waals surface area (Å²) in [4.78, 5) is 93.3. The van der Waals surface area contributed by atoms with E-state index < -0.39 is 29.7 Å². The van der Waals surface area contributed by atoms with Crippen LogP contribution in [0.3, 0.4) is 0 Å². The number of nitrogens with one attached hydrogen (secondary N) is 3. The summed E-state index contributed by atoms with van der Waals surface area (Å²) in [5, 5.41) is 9.31. The van der Waals surface area contributed by atoms with Crippen LogP contribution < -0.4 is 36.0 Å². The van der Waals surface area contributed by atoms with Crippen LogP contribution in [0.15, 0.2) is 53.5 Å². The van der Waals surface area contributed by atoms with Crippen molar-refractivity contribution in [2.75, 3.05) is 74.6 Å². The molecule has 1 atom stereocenters. The Hall–Kier alpha value is -6.07. The molecule has 3 N–H and O–H groups in total. The van der Waals surface area contributed by atoms with E-state index in [0.29, 0.717) is 33.8 Å². The highest BCUT2D eigenvalue weighted by Gasteiger charge is 2.48. The lowest BCUT2D eigenvalue weighted by Gasteiger charge is -2.55. The molecule has 10 rings (SSSR count). The SMILES string of the molecule is CNC(=O)COc1cc2cc(Nc3nc(N4CCC(CN5CCC6(CC5)CN(c5ccc7c(c5)C(=O)N(C5CCC(=O)NC5=O)C7=O)C6)CC4)ncc3Cl)ccc2n(C2CC2)c1=O. The van der Waals surface area contributed by atoms with E-state index in [1.165, 1.54) is 7.05 Å². The molecule has 17 nitrogen and oxygen atoms in total. The second-order valence-electron chi connectivity index (χ2n) is 17.9. The first kappa shape index (κ1) is 41.0. The van der Waals surface area contributed by atoms with Crippen LogP contribution in [0.2, 0.25) is 5.02 Å². The number of pyridine rings is 1. The highest BCUT2D eigenvalue weighted by molar-refractivity contribution is 6.33. The first-order valence-electron chi connectivity index (χ1n) is 21.9. The lowest BCUT2D eigenvalue weighted by Crippen LogP contribution is -2.60. The standard InChI is InChI=1S/C45H49ClN10O7/c1-47-38(58)23-63-36-19-27-18-28(2-7-34(27)55(43(36)62)29-3-4-29)49-39-33(46)21-48-44(51-39)53-14-10-26(11-15-53)22-52-16-12-45(13-17-52)24-54(25-45)30-5-6-31-32(20-30)42(61)56(41(31)60)35-8-9-37(57)50-40(35)59/h2,5-7,18-21,26,29,35H,3-4,8-17,22-25H2,1H3,(H,47,58)(H,48,49,51)(H,50,57,59). The lowest BCUT2D eigenvalue weighted by molar-refractivity contribution is -0.136. The van der Waals surface area contributed by atoms with E-state index in [0.717, 1.165) is 112 Å². The van der Waals surface area contributed by atoms with Gasteiger partial charge >= 0.3 is 0 Å². The van der Waals surface area contributed by atoms with E-state index in [1.807, 2.05) is 24.3 Å². The summed E-state index contributed by atoms with van der Waals surface area (Å²) in [6.07, 6.45) is 7.95. The summed E-state index contributed by atoms with van der Waals surface area (Å²) in [6.45, 7) is 6.37. The molecular formula is C45H49ClN10O7. The number of carbonyl (C=O) groups excluding carboxylic acids is 5. The zero-order chi connectivity index (χ0) is 43.6. The zero-order valence-electron chi connectivity index (χ0n) is 35.0. The van der Waals surface area contributed by atoms with Gasteiger partial charge in [-0.1, -0.05) is 11.6 Å². The molecule has 328 valence electrons. The number of aromatic nitrogens is 3. The molecule has 1 aliphatic carbocycles. The van der Waals surface area contributed by atoms with Crippen LogP contribution in [-0.2, 0) is 14.4 Å². The maximum Gasteiger partial charge on any atom is 0.293 e. The van der Waals surface area contributed by atoms with Gasteiger partial charge in [0.15, 0.2) is 18.2 Å². The van der Waals surface area contributed by atoms with Crippen LogP contribution >= 0.6 is 11.6 Å². The van der Waals surface area contributed by atoms with Gasteiger partial charge in [-0.2, -0.15) is 4.98 Å². The number of fused-ring (bicyclic) bond motifs is 2. The number of likely N-dealkylation sites (tertiary alicyclic amines) is 1. The lowest BCUT2D eigenvalue weighted by atomic mass is 9.71. The van der Waals surface area contributed by atoms with Crippen molar-refractivity contribution < 1.29 is 28.7 Å². The first-order valence-corrected chi connectivity index (χ1v) is 22.2. The van der Waals surface area contributed by atoms with Gasteiger partial charge in [-0.15, -0.1) is 0 Å². The maximum atomic E-state index is 13.4. The molecule has 6 aliphatic rings. The number of amides is 5. The molecule has 7 heterocycles. The Morgan fingerprint density at radius 3 is 2.40 bits per heavy atom. The number of piperidine rings is 3. The zero-order valence-corrected chi connectivity index (χ0v) is 35.8. The van der Waals surface area contributed by atoms with E-state index in [2.05, 4.69) is 35.6 Å². The second kappa shape index (κ2) is 16.2. The van der Waals surface area contributed by atoms with Crippen molar-refractivity contribution in [2.45, 2.75) is 63.5 Å². The van der Waals surface area contributed by atoms with Crippen LogP contribution in [0.25, 0.3) is 10.9 Å². The molecule has 1 spiro atoms. The number of imide groups is 2. The highest BCUT2D eigenvalue weighted by Crippen LogP contribution is 2.44. The van der Waals surface area contributed by atoms with Gasteiger partial charge in [-0.05, 0) is 106 Å². The van der Waals surface area contributed by atoms with Crippen LogP contribution in [-0.4, -0.2) is 119 Å². The summed E-state index contributed by atoms with van der Waals surface area (Å²) < 4.78 is 7.41. The average molecular weight is 877 g/mol. The predicted molar refractivity (Wildman–Crippen MR) is 235 cm³/mol. The van der Waals surface area contributed by atoms with Crippen molar-refractivity contribution >= 4 is 75.2 Å². The molecule has 1 unspecified atom stereocenters. The van der Waals surface area contributed by atoms with Crippen molar-refractivity contribution in [1.82, 2.24) is 35.0 Å². The second-order valence-corrected chi connectivity index (χ2v) is 18.3. The summed E-state index contributed by atoms with van der Waals surface area (Å²) in [5.41, 5.74) is 3.04. The Bertz CT molecular complexity index is 2610. The maximum absolute atomic E-state index is 13.4. The van der Waals surface area contributed by atoms with Gasteiger partial charge in [-0.3, -0.25) is 39.0 Å². The van der Waals surface area contributed by atoms with Crippen molar-refractivity contribution in [3.63, 3.8) is 0 Å². The molecule has 4 saturated heterocycles. The van der Waals surface area contributed by atoms with Crippen LogP contribution in [0.4, 0.5) is 23.1 Å². The molecule has 63 heavy (non-hydrogen) atoms. The van der Waals surface area contributed by atoms with E-state index in [-0.39, 0.29) is 48.1 Å². The van der Waals surface area contributed by atoms with Gasteiger partial charge in [0.25, 0.3) is 23.3 Å². The molecule has 1 saturated carbocycles. The smallest absolute Gasteiger partial charge is 0.293 e. The number of hydrogen-bond acceptors (Lipinski definition) is 13. The minimum Gasteiger partial charge on any atom is -0.478 e. The van der Waals surface area contributed by atoms with Crippen molar-refractivity contribution in [3.05, 3.63) is 75.2 Å². The van der Waals surface area contributed by atoms with E-state index in [4.69, 9.17) is 21.3 Å². The third-order valence-corrected chi connectivity index (χ3v) is 14.0. The van der Waals surface area contributed by atoms with Crippen LogP contribution in [0.5, 0.6) is 5.75 Å². The fourth-order valence-electron chi connectivity index (χ4n) is 9.96. The van der Waals surface area contributed by atoms with Gasteiger partial charge in [-0.25, -0.2) is 4.98 Å². The van der Waals surface area contributed by atoms with E-state index in [1.54, 1.807) is 29.0 Å². The third-order valence-electron chi connectivity index (χ3n) is 13.7. The summed E-state index contributed by atoms with van der Waals surface area (Å²) in [7, 11) is 1.52. The third kappa shape index (κ3) is 7.85. The Balaban J connectivity index is 0.713. The number of carbonyl (C=O) groups is 5. The molecule has 5 aliphatic heterocycles. The van der Waals surface area contributed by atoms with Crippen molar-refractivity contribution in [1.29, 1.82) is 0 Å². The molecule has 5 fully saturated rings.